The van der Waals surface area contributed by atoms with Crippen molar-refractivity contribution in [3.8, 4) is 0 Å². The minimum atomic E-state index is -0.423. The Bertz CT molecular complexity index is 743. The van der Waals surface area contributed by atoms with E-state index in [0.29, 0.717) is 24.3 Å². The lowest BCUT2D eigenvalue weighted by molar-refractivity contribution is 0.0600. The van der Waals surface area contributed by atoms with Crippen LogP contribution in [0.3, 0.4) is 0 Å². The number of benzene rings is 2. The summed E-state index contributed by atoms with van der Waals surface area (Å²) in [5, 5.41) is 2.84. The zero-order chi connectivity index (χ0) is 16.2. The molecule has 1 N–H and O–H groups in total. The van der Waals surface area contributed by atoms with E-state index in [0.717, 1.165) is 6.42 Å². The van der Waals surface area contributed by atoms with E-state index in [1.165, 1.54) is 18.2 Å². The van der Waals surface area contributed by atoms with Gasteiger partial charge in [0, 0.05) is 18.8 Å². The topological polar surface area (TPSA) is 58.6 Å². The van der Waals surface area contributed by atoms with E-state index in [4.69, 9.17) is 0 Å². The van der Waals surface area contributed by atoms with Gasteiger partial charge in [0.1, 0.15) is 0 Å². The van der Waals surface area contributed by atoms with Crippen molar-refractivity contribution >= 4 is 17.7 Å². The molecule has 0 unspecified atom stereocenters. The standard InChI is InChI=1S/C18H18N2O3/c1-23-17(21)14-7-4-8-16(11-14)19-18(22)20-10-9-13-5-2-3-6-15(13)12-20/h2-8,11H,9-10,12H2,1H3,(H,19,22). The van der Waals surface area contributed by atoms with Gasteiger partial charge >= 0.3 is 12.0 Å². The fourth-order valence-corrected chi connectivity index (χ4v) is 2.71. The van der Waals surface area contributed by atoms with Crippen molar-refractivity contribution in [2.45, 2.75) is 13.0 Å². The Morgan fingerprint density at radius 2 is 1.87 bits per heavy atom. The number of urea groups is 1. The smallest absolute Gasteiger partial charge is 0.337 e. The van der Waals surface area contributed by atoms with Gasteiger partial charge in [-0.2, -0.15) is 0 Å². The zero-order valence-electron chi connectivity index (χ0n) is 12.9. The quantitative estimate of drug-likeness (QED) is 0.867. The van der Waals surface area contributed by atoms with Gasteiger partial charge in [0.05, 0.1) is 12.7 Å². The van der Waals surface area contributed by atoms with Crippen LogP contribution in [0.15, 0.2) is 48.5 Å². The predicted molar refractivity (Wildman–Crippen MR) is 87.4 cm³/mol. The summed E-state index contributed by atoms with van der Waals surface area (Å²) in [5.41, 5.74) is 3.47. The molecule has 2 amide bonds. The lowest BCUT2D eigenvalue weighted by Crippen LogP contribution is -2.38. The molecule has 0 aromatic heterocycles. The van der Waals surface area contributed by atoms with Gasteiger partial charge in [-0.15, -0.1) is 0 Å². The molecule has 0 fully saturated rings. The van der Waals surface area contributed by atoms with E-state index in [9.17, 15) is 9.59 Å². The van der Waals surface area contributed by atoms with Crippen LogP contribution in [0.5, 0.6) is 0 Å². The molecule has 1 aliphatic heterocycles. The molecule has 1 heterocycles. The third kappa shape index (κ3) is 3.34. The third-order valence-electron chi connectivity index (χ3n) is 3.95. The van der Waals surface area contributed by atoms with Crippen LogP contribution < -0.4 is 5.32 Å². The molecule has 2 aromatic rings. The van der Waals surface area contributed by atoms with Crippen molar-refractivity contribution in [2.24, 2.45) is 0 Å². The number of hydrogen-bond acceptors (Lipinski definition) is 3. The number of carbonyl (C=O) groups is 2. The number of nitrogens with one attached hydrogen (secondary N) is 1. The molecule has 23 heavy (non-hydrogen) atoms. The van der Waals surface area contributed by atoms with Gasteiger partial charge in [0.2, 0.25) is 0 Å². The van der Waals surface area contributed by atoms with Crippen LogP contribution in [-0.4, -0.2) is 30.6 Å². The van der Waals surface area contributed by atoms with Gasteiger partial charge in [0.25, 0.3) is 0 Å². The molecule has 0 bridgehead atoms. The maximum absolute atomic E-state index is 12.4. The lowest BCUT2D eigenvalue weighted by atomic mass is 10.0. The summed E-state index contributed by atoms with van der Waals surface area (Å²) in [6.07, 6.45) is 0.853. The van der Waals surface area contributed by atoms with E-state index in [1.54, 1.807) is 29.2 Å². The van der Waals surface area contributed by atoms with E-state index in [-0.39, 0.29) is 6.03 Å². The van der Waals surface area contributed by atoms with Crippen LogP contribution in [0.25, 0.3) is 0 Å². The lowest BCUT2D eigenvalue weighted by Gasteiger charge is -2.29. The molecule has 3 rings (SSSR count). The number of fused-ring (bicyclic) bond motifs is 1. The zero-order valence-corrected chi connectivity index (χ0v) is 12.9. The fraction of sp³-hybridized carbons (Fsp3) is 0.222. The Hall–Kier alpha value is -2.82. The van der Waals surface area contributed by atoms with Gasteiger partial charge in [-0.1, -0.05) is 30.3 Å². The number of amides is 2. The van der Waals surface area contributed by atoms with Crippen molar-refractivity contribution in [1.29, 1.82) is 0 Å². The molecule has 2 aromatic carbocycles. The maximum Gasteiger partial charge on any atom is 0.337 e. The van der Waals surface area contributed by atoms with Crippen LogP contribution in [-0.2, 0) is 17.7 Å². The Kier molecular flexibility index (Phi) is 4.28. The van der Waals surface area contributed by atoms with E-state index < -0.39 is 5.97 Å². The summed E-state index contributed by atoms with van der Waals surface area (Å²) in [5.74, 6) is -0.423. The molecule has 5 nitrogen and oxygen atoms in total. The summed E-state index contributed by atoms with van der Waals surface area (Å²) >= 11 is 0. The number of nitrogens with zero attached hydrogens (tertiary/aromatic N) is 1. The highest BCUT2D eigenvalue weighted by Gasteiger charge is 2.20. The van der Waals surface area contributed by atoms with E-state index in [1.807, 2.05) is 18.2 Å². The summed E-state index contributed by atoms with van der Waals surface area (Å²) in [6.45, 7) is 1.28. The molecular weight excluding hydrogens is 292 g/mol. The Morgan fingerprint density at radius 1 is 1.09 bits per heavy atom. The van der Waals surface area contributed by atoms with Gasteiger partial charge in [0.15, 0.2) is 0 Å². The van der Waals surface area contributed by atoms with Crippen molar-refractivity contribution < 1.29 is 14.3 Å². The number of rotatable bonds is 2. The molecule has 5 heteroatoms. The van der Waals surface area contributed by atoms with E-state index in [2.05, 4.69) is 16.1 Å². The highest BCUT2D eigenvalue weighted by atomic mass is 16.5. The van der Waals surface area contributed by atoms with Crippen molar-refractivity contribution in [1.82, 2.24) is 4.90 Å². The number of esters is 1. The molecule has 0 atom stereocenters. The van der Waals surface area contributed by atoms with Gasteiger partial charge in [-0.05, 0) is 35.7 Å². The minimum absolute atomic E-state index is 0.165. The highest BCUT2D eigenvalue weighted by Crippen LogP contribution is 2.20. The summed E-state index contributed by atoms with van der Waals surface area (Å²) in [6, 6.07) is 14.7. The number of anilines is 1. The molecular formula is C18H18N2O3. The Labute approximate surface area is 134 Å². The Balaban J connectivity index is 1.69. The normalized spacial score (nSPS) is 13.2. The fourth-order valence-electron chi connectivity index (χ4n) is 2.71. The average molecular weight is 310 g/mol. The summed E-state index contributed by atoms with van der Waals surface area (Å²) < 4.78 is 4.69. The molecule has 0 radical (unpaired) electrons. The molecule has 0 saturated carbocycles. The van der Waals surface area contributed by atoms with Crippen LogP contribution in [0, 0.1) is 0 Å². The first-order valence-electron chi connectivity index (χ1n) is 7.48. The summed E-state index contributed by atoms with van der Waals surface area (Å²) in [4.78, 5) is 25.7. The molecule has 0 spiro atoms. The van der Waals surface area contributed by atoms with Crippen molar-refractivity contribution in [3.63, 3.8) is 0 Å². The second kappa shape index (κ2) is 6.52. The van der Waals surface area contributed by atoms with Gasteiger partial charge < -0.3 is 15.0 Å². The third-order valence-corrected chi connectivity index (χ3v) is 3.95. The minimum Gasteiger partial charge on any atom is -0.465 e. The molecule has 118 valence electrons. The largest absolute Gasteiger partial charge is 0.465 e. The first kappa shape index (κ1) is 15.1. The SMILES string of the molecule is COC(=O)c1cccc(NC(=O)N2CCc3ccccc3C2)c1. The van der Waals surface area contributed by atoms with E-state index >= 15 is 0 Å². The first-order chi connectivity index (χ1) is 11.2. The van der Waals surface area contributed by atoms with Crippen molar-refractivity contribution in [2.75, 3.05) is 19.0 Å². The highest BCUT2D eigenvalue weighted by molar-refractivity contribution is 5.94. The number of methoxy groups -OCH3 is 1. The number of carbonyl (C=O) groups excluding carboxylic acids is 2. The van der Waals surface area contributed by atoms with Gasteiger partial charge in [-0.3, -0.25) is 0 Å². The molecule has 0 aliphatic carbocycles. The first-order valence-corrected chi connectivity index (χ1v) is 7.48. The van der Waals surface area contributed by atoms with Crippen LogP contribution in [0.2, 0.25) is 0 Å². The second-order valence-electron chi connectivity index (χ2n) is 5.44. The molecule has 1 aliphatic rings. The second-order valence-corrected chi connectivity index (χ2v) is 5.44. The monoisotopic (exact) mass is 310 g/mol. The Morgan fingerprint density at radius 3 is 2.65 bits per heavy atom. The van der Waals surface area contributed by atoms with Crippen LogP contribution in [0.1, 0.15) is 21.5 Å². The maximum atomic E-state index is 12.4. The van der Waals surface area contributed by atoms with Gasteiger partial charge in [-0.25, -0.2) is 9.59 Å². The number of hydrogen-bond donors (Lipinski definition) is 1. The van der Waals surface area contributed by atoms with Crippen molar-refractivity contribution in [3.05, 3.63) is 65.2 Å². The number of ether oxygens (including phenoxy) is 1. The summed E-state index contributed by atoms with van der Waals surface area (Å²) in [7, 11) is 1.33. The van der Waals surface area contributed by atoms with Crippen LogP contribution >= 0.6 is 0 Å². The average Bonchev–Trinajstić information content (AvgIpc) is 2.60. The van der Waals surface area contributed by atoms with Crippen LogP contribution in [0.4, 0.5) is 10.5 Å². The predicted octanol–water partition coefficient (Wildman–Crippen LogP) is 3.06. The molecule has 0 saturated heterocycles.